The van der Waals surface area contributed by atoms with E-state index in [1.807, 2.05) is 77.4 Å². The second-order valence-corrected chi connectivity index (χ2v) is 23.0. The van der Waals surface area contributed by atoms with Gasteiger partial charge in [0.05, 0.1) is 65.8 Å². The van der Waals surface area contributed by atoms with E-state index >= 15 is 0 Å². The molecule has 4 aromatic heterocycles. The van der Waals surface area contributed by atoms with Crippen molar-refractivity contribution in [2.75, 3.05) is 27.4 Å². The minimum Gasteiger partial charge on any atom is -0.508 e. The lowest BCUT2D eigenvalue weighted by atomic mass is 9.83. The lowest BCUT2D eigenvalue weighted by Gasteiger charge is -2.24. The number of benzene rings is 5. The lowest BCUT2D eigenvalue weighted by Crippen LogP contribution is -2.11. The molecule has 0 saturated heterocycles. The maximum atomic E-state index is 12.8. The third-order valence-corrected chi connectivity index (χ3v) is 17.7. The fraction of sp³-hybridized carbons (Fsp3) is 0.328. The first-order valence-corrected chi connectivity index (χ1v) is 30.0. The van der Waals surface area contributed by atoms with Crippen molar-refractivity contribution in [1.29, 1.82) is 0 Å². The van der Waals surface area contributed by atoms with Gasteiger partial charge in [-0.3, -0.25) is 4.79 Å². The first kappa shape index (κ1) is 57.4. The molecular formula is C67H70N2O11S2. The topological polar surface area (TPSA) is 157 Å². The Morgan fingerprint density at radius 3 is 1.51 bits per heavy atom. The largest absolute Gasteiger partial charge is 0.508 e. The number of hydrogen-bond acceptors (Lipinski definition) is 13. The van der Waals surface area contributed by atoms with E-state index < -0.39 is 0 Å². The van der Waals surface area contributed by atoms with Crippen molar-refractivity contribution >= 4 is 61.0 Å². The third-order valence-electron chi connectivity index (χ3n) is 15.5. The number of ether oxygens (including phenoxy) is 6. The first-order valence-electron chi connectivity index (χ1n) is 28.3. The Kier molecular flexibility index (Phi) is 19.1. The summed E-state index contributed by atoms with van der Waals surface area (Å²) in [6.07, 6.45) is 11.4. The number of carbonyl (C=O) groups excluding carboxylic acids is 3. The minimum absolute atomic E-state index is 0.0155. The van der Waals surface area contributed by atoms with Crippen LogP contribution in [0.25, 0.3) is 42.9 Å². The molecule has 0 amide bonds. The highest BCUT2D eigenvalue weighted by Gasteiger charge is 2.33. The van der Waals surface area contributed by atoms with Crippen molar-refractivity contribution < 1.29 is 53.0 Å². The number of aromatic hydroxyl groups is 2. The number of carbonyl (C=O) groups is 3. The van der Waals surface area contributed by atoms with Gasteiger partial charge in [-0.2, -0.15) is 0 Å². The van der Waals surface area contributed by atoms with E-state index in [1.54, 1.807) is 12.1 Å². The number of methoxy groups -OCH3 is 2. The summed E-state index contributed by atoms with van der Waals surface area (Å²) in [5.74, 6) is 1.08. The van der Waals surface area contributed by atoms with Gasteiger partial charge in [0.25, 0.3) is 0 Å². The highest BCUT2D eigenvalue weighted by atomic mass is 32.1. The number of thiophene rings is 2. The Bertz CT molecular complexity index is 3610. The summed E-state index contributed by atoms with van der Waals surface area (Å²) in [6.45, 7) is 4.46. The summed E-state index contributed by atoms with van der Waals surface area (Å²) in [5, 5.41) is 20.5. The molecule has 11 rings (SSSR count). The van der Waals surface area contributed by atoms with E-state index in [4.69, 9.17) is 28.4 Å². The van der Waals surface area contributed by atoms with Crippen LogP contribution in [0.1, 0.15) is 130 Å². The van der Waals surface area contributed by atoms with Gasteiger partial charge < -0.3 is 47.8 Å². The van der Waals surface area contributed by atoms with E-state index in [0.717, 1.165) is 110 Å². The van der Waals surface area contributed by atoms with Crippen LogP contribution >= 0.6 is 22.7 Å². The Labute approximate surface area is 486 Å². The quantitative estimate of drug-likeness (QED) is 0.0425. The van der Waals surface area contributed by atoms with Crippen LogP contribution in [0.15, 0.2) is 140 Å². The number of rotatable bonds is 20. The maximum Gasteiger partial charge on any atom is 0.348 e. The fourth-order valence-corrected chi connectivity index (χ4v) is 14.0. The molecule has 9 aromatic rings. The monoisotopic (exact) mass is 1140 g/mol. The minimum atomic E-state index is -0.388. The molecule has 2 saturated carbocycles. The zero-order valence-corrected chi connectivity index (χ0v) is 48.4. The summed E-state index contributed by atoms with van der Waals surface area (Å²) in [5.41, 5.74) is 11.2. The Morgan fingerprint density at radius 1 is 0.537 bits per heavy atom. The van der Waals surface area contributed by atoms with Gasteiger partial charge in [-0.15, -0.1) is 22.7 Å². The first-order chi connectivity index (χ1) is 40.1. The smallest absolute Gasteiger partial charge is 0.348 e. The molecule has 15 heteroatoms. The van der Waals surface area contributed by atoms with Gasteiger partial charge in [0, 0.05) is 36.7 Å². The van der Waals surface area contributed by atoms with Crippen LogP contribution in [0.5, 0.6) is 23.0 Å². The number of esters is 3. The fourth-order valence-electron chi connectivity index (χ4n) is 11.6. The van der Waals surface area contributed by atoms with Crippen molar-refractivity contribution in [3.63, 3.8) is 0 Å². The molecule has 13 nitrogen and oxygen atoms in total. The molecule has 4 heterocycles. The van der Waals surface area contributed by atoms with Crippen molar-refractivity contribution in [1.82, 2.24) is 9.13 Å². The molecule has 2 N–H and O–H groups in total. The third kappa shape index (κ3) is 13.4. The molecule has 0 radical (unpaired) electrons. The zero-order valence-electron chi connectivity index (χ0n) is 46.7. The molecule has 0 unspecified atom stereocenters. The summed E-state index contributed by atoms with van der Waals surface area (Å²) in [4.78, 5) is 37.6. The maximum absolute atomic E-state index is 12.8. The second-order valence-electron chi connectivity index (χ2n) is 20.9. The SMILES string of the molecule is COC(=O)c1cc2c(s1)c(C1CCCCC1)c(-c1ccc(O)cc1O)n2CCOC(C)=O.COC(=O)c1cc2c(s1)c(C1CCCCC1)c(-c1ccc(OCc3ccccc3)cc1OCc1ccccc1)n2CCOCc1ccccc1. The van der Waals surface area contributed by atoms with E-state index in [1.165, 1.54) is 81.1 Å². The highest BCUT2D eigenvalue weighted by molar-refractivity contribution is 7.21. The standard InChI is InChI=1S/C43H43NO5S.C24H27NO6S/c1-46-43(45)39-27-37-42(50-39)40(34-20-12-5-13-21-34)41(44(37)24-25-47-28-31-14-6-2-7-15-31)36-23-22-35(48-29-32-16-8-3-9-17-32)26-38(36)49-30-33-18-10-4-11-19-33;1-14(26)31-11-10-25-18-13-20(24(29)30-2)32-23(18)21(15-6-4-3-5-7-15)22(25)17-9-8-16(27)12-19(17)28/h2-4,6-11,14-19,22-23,26-27,34H,5,12-13,20-21,24-25,28-30H2,1H3;8-9,12-13,15,27-28H,3-7,10-11H2,1-2H3. The molecule has 5 aromatic carbocycles. The van der Waals surface area contributed by atoms with Gasteiger partial charge in [0.2, 0.25) is 0 Å². The number of hydrogen-bond donors (Lipinski definition) is 2. The molecule has 2 aliphatic rings. The van der Waals surface area contributed by atoms with Crippen LogP contribution < -0.4 is 9.47 Å². The molecule has 0 atom stereocenters. The number of phenols is 2. The molecule has 0 bridgehead atoms. The van der Waals surface area contributed by atoms with E-state index in [-0.39, 0.29) is 41.9 Å². The lowest BCUT2D eigenvalue weighted by molar-refractivity contribution is -0.141. The van der Waals surface area contributed by atoms with Crippen LogP contribution in [-0.4, -0.2) is 64.7 Å². The zero-order chi connectivity index (χ0) is 57.0. The molecule has 0 spiro atoms. The number of nitrogens with zero attached hydrogens (tertiary/aromatic N) is 2. The molecule has 82 heavy (non-hydrogen) atoms. The molecule has 2 fully saturated rings. The average Bonchev–Trinajstić information content (AvgIpc) is 2.91. The summed E-state index contributed by atoms with van der Waals surface area (Å²) in [6, 6.07) is 45.3. The summed E-state index contributed by atoms with van der Waals surface area (Å²) >= 11 is 2.93. The van der Waals surface area contributed by atoms with Gasteiger partial charge >= 0.3 is 17.9 Å². The highest BCUT2D eigenvalue weighted by Crippen LogP contribution is 2.51. The molecule has 0 aliphatic heterocycles. The van der Waals surface area contributed by atoms with Crippen LogP contribution in [0, 0.1) is 0 Å². The van der Waals surface area contributed by atoms with E-state index in [2.05, 4.69) is 53.1 Å². The van der Waals surface area contributed by atoms with Crippen LogP contribution in [0.2, 0.25) is 0 Å². The normalized spacial score (nSPS) is 13.8. The van der Waals surface area contributed by atoms with Gasteiger partial charge in [-0.1, -0.05) is 130 Å². The van der Waals surface area contributed by atoms with E-state index in [9.17, 15) is 24.6 Å². The predicted octanol–water partition coefficient (Wildman–Crippen LogP) is 15.8. The van der Waals surface area contributed by atoms with Gasteiger partial charge in [0.1, 0.15) is 52.6 Å². The van der Waals surface area contributed by atoms with Crippen LogP contribution in [0.3, 0.4) is 0 Å². The Hall–Kier alpha value is -7.85. The second kappa shape index (κ2) is 27.3. The van der Waals surface area contributed by atoms with Crippen molar-refractivity contribution in [3.8, 4) is 45.5 Å². The summed E-state index contributed by atoms with van der Waals surface area (Å²) < 4.78 is 41.1. The predicted molar refractivity (Wildman–Crippen MR) is 322 cm³/mol. The molecule has 2 aliphatic carbocycles. The Morgan fingerprint density at radius 2 is 1.01 bits per heavy atom. The molecule has 426 valence electrons. The van der Waals surface area contributed by atoms with Crippen molar-refractivity contribution in [3.05, 3.63) is 177 Å². The van der Waals surface area contributed by atoms with Gasteiger partial charge in [-0.25, -0.2) is 9.59 Å². The number of aromatic nitrogens is 2. The van der Waals surface area contributed by atoms with Crippen molar-refractivity contribution in [2.45, 2.75) is 116 Å². The number of fused-ring (bicyclic) bond motifs is 2. The summed E-state index contributed by atoms with van der Waals surface area (Å²) in [7, 11) is 2.81. The van der Waals surface area contributed by atoms with Crippen molar-refractivity contribution in [2.24, 2.45) is 0 Å². The van der Waals surface area contributed by atoms with Crippen LogP contribution in [-0.2, 0) is 56.7 Å². The van der Waals surface area contributed by atoms with Crippen LogP contribution in [0.4, 0.5) is 0 Å². The number of phenolic OH excluding ortho intramolecular Hbond substituents is 2. The average molecular weight is 1140 g/mol. The van der Waals surface area contributed by atoms with E-state index in [0.29, 0.717) is 60.8 Å². The Balaban J connectivity index is 0.000000203. The van der Waals surface area contributed by atoms with Gasteiger partial charge in [0.15, 0.2) is 0 Å². The van der Waals surface area contributed by atoms with Gasteiger partial charge in [-0.05, 0) is 102 Å². The molecular weight excluding hydrogens is 1070 g/mol.